The van der Waals surface area contributed by atoms with Gasteiger partial charge in [0.1, 0.15) is 11.9 Å². The summed E-state index contributed by atoms with van der Waals surface area (Å²) in [6, 6.07) is 9.03. The molecule has 1 unspecified atom stereocenters. The molecule has 1 atom stereocenters. The molecule has 21 heavy (non-hydrogen) atoms. The average Bonchev–Trinajstić information content (AvgIpc) is 2.42. The lowest BCUT2D eigenvalue weighted by Gasteiger charge is -2.17. The number of halogens is 3. The second kappa shape index (κ2) is 7.01. The van der Waals surface area contributed by atoms with E-state index in [1.54, 1.807) is 12.1 Å². The molecule has 2 nitrogen and oxygen atoms in total. The Kier molecular flexibility index (Phi) is 5.55. The summed E-state index contributed by atoms with van der Waals surface area (Å²) in [6.07, 6.45) is -0.861. The van der Waals surface area contributed by atoms with E-state index < -0.39 is 6.10 Å². The number of hydrogen-bond donors (Lipinski definition) is 1. The molecule has 0 aliphatic carbocycles. The second-order valence-electron chi connectivity index (χ2n) is 4.66. The number of aryl methyl sites for hydroxylation is 1. The van der Waals surface area contributed by atoms with Crippen molar-refractivity contribution in [2.75, 3.05) is 6.61 Å². The number of aliphatic hydroxyl groups is 1. The van der Waals surface area contributed by atoms with Crippen LogP contribution in [-0.2, 0) is 0 Å². The van der Waals surface area contributed by atoms with Gasteiger partial charge in [0.05, 0.1) is 16.7 Å². The highest BCUT2D eigenvalue weighted by atomic mass is 79.9. The van der Waals surface area contributed by atoms with E-state index in [1.165, 1.54) is 0 Å². The van der Waals surface area contributed by atoms with Gasteiger partial charge in [-0.1, -0.05) is 51.3 Å². The van der Waals surface area contributed by atoms with Gasteiger partial charge in [-0.15, -0.1) is 0 Å². The Morgan fingerprint density at radius 2 is 1.86 bits per heavy atom. The number of ether oxygens (including phenoxy) is 1. The van der Waals surface area contributed by atoms with Crippen LogP contribution < -0.4 is 4.74 Å². The first-order valence-electron chi connectivity index (χ1n) is 6.50. The molecular formula is C16H15BrCl2O2. The Balaban J connectivity index is 2.43. The summed E-state index contributed by atoms with van der Waals surface area (Å²) in [4.78, 5) is 0. The lowest BCUT2D eigenvalue weighted by atomic mass is 10.0. The molecule has 1 N–H and O–H groups in total. The Hall–Kier alpha value is -0.740. The van der Waals surface area contributed by atoms with Crippen molar-refractivity contribution in [2.24, 2.45) is 0 Å². The van der Waals surface area contributed by atoms with E-state index in [9.17, 15) is 5.11 Å². The van der Waals surface area contributed by atoms with E-state index in [0.29, 0.717) is 28.0 Å². The van der Waals surface area contributed by atoms with Gasteiger partial charge < -0.3 is 9.84 Å². The molecule has 2 rings (SSSR count). The average molecular weight is 390 g/mol. The third-order valence-electron chi connectivity index (χ3n) is 3.10. The molecule has 0 aromatic heterocycles. The van der Waals surface area contributed by atoms with E-state index in [4.69, 9.17) is 27.9 Å². The maximum atomic E-state index is 10.6. The molecule has 0 amide bonds. The maximum Gasteiger partial charge on any atom is 0.139 e. The van der Waals surface area contributed by atoms with Crippen molar-refractivity contribution in [3.05, 3.63) is 61.5 Å². The molecule has 0 saturated carbocycles. The van der Waals surface area contributed by atoms with Gasteiger partial charge in [0, 0.05) is 16.1 Å². The highest BCUT2D eigenvalue weighted by Crippen LogP contribution is 2.38. The molecule has 0 bridgehead atoms. The lowest BCUT2D eigenvalue weighted by molar-refractivity contribution is 0.219. The first kappa shape index (κ1) is 16.6. The SMILES string of the molecule is CCOc1cc(Cl)c(C(O)c2ccc(C)cc2Br)cc1Cl. The Morgan fingerprint density at radius 3 is 2.48 bits per heavy atom. The zero-order valence-electron chi connectivity index (χ0n) is 11.7. The molecule has 5 heteroatoms. The van der Waals surface area contributed by atoms with Crippen LogP contribution in [0.3, 0.4) is 0 Å². The van der Waals surface area contributed by atoms with Crippen molar-refractivity contribution in [2.45, 2.75) is 20.0 Å². The fourth-order valence-electron chi connectivity index (χ4n) is 2.04. The van der Waals surface area contributed by atoms with Crippen molar-refractivity contribution in [3.63, 3.8) is 0 Å². The number of rotatable bonds is 4. The highest BCUT2D eigenvalue weighted by molar-refractivity contribution is 9.10. The van der Waals surface area contributed by atoms with Crippen LogP contribution in [0.5, 0.6) is 5.75 Å². The quantitative estimate of drug-likeness (QED) is 0.743. The van der Waals surface area contributed by atoms with Gasteiger partial charge in [0.2, 0.25) is 0 Å². The monoisotopic (exact) mass is 388 g/mol. The summed E-state index contributed by atoms with van der Waals surface area (Å²) in [6.45, 7) is 4.36. The fraction of sp³-hybridized carbons (Fsp3) is 0.250. The fourth-order valence-corrected chi connectivity index (χ4v) is 3.23. The van der Waals surface area contributed by atoms with Crippen molar-refractivity contribution in [3.8, 4) is 5.75 Å². The summed E-state index contributed by atoms with van der Waals surface area (Å²) >= 11 is 15.9. The standard InChI is InChI=1S/C16H15BrCl2O2/c1-3-21-15-8-13(18)11(7-14(15)19)16(20)10-5-4-9(2)6-12(10)17/h4-8,16,20H,3H2,1-2H3. The molecule has 2 aromatic carbocycles. The van der Waals surface area contributed by atoms with E-state index >= 15 is 0 Å². The molecule has 0 fully saturated rings. The van der Waals surface area contributed by atoms with Crippen LogP contribution >= 0.6 is 39.1 Å². The van der Waals surface area contributed by atoms with Crippen molar-refractivity contribution in [1.82, 2.24) is 0 Å². The molecule has 112 valence electrons. The molecule has 2 aromatic rings. The first-order chi connectivity index (χ1) is 9.93. The smallest absolute Gasteiger partial charge is 0.139 e. The minimum atomic E-state index is -0.861. The highest BCUT2D eigenvalue weighted by Gasteiger charge is 2.19. The van der Waals surface area contributed by atoms with Gasteiger partial charge in [-0.05, 0) is 37.1 Å². The minimum Gasteiger partial charge on any atom is -0.492 e. The van der Waals surface area contributed by atoms with Gasteiger partial charge in [0.25, 0.3) is 0 Å². The van der Waals surface area contributed by atoms with Crippen molar-refractivity contribution >= 4 is 39.1 Å². The summed E-state index contributed by atoms with van der Waals surface area (Å²) in [5.74, 6) is 0.517. The van der Waals surface area contributed by atoms with Crippen LogP contribution in [0.25, 0.3) is 0 Å². The second-order valence-corrected chi connectivity index (χ2v) is 6.33. The summed E-state index contributed by atoms with van der Waals surface area (Å²) in [5, 5.41) is 11.4. The Labute approximate surface area is 142 Å². The summed E-state index contributed by atoms with van der Waals surface area (Å²) in [5.41, 5.74) is 2.39. The lowest BCUT2D eigenvalue weighted by Crippen LogP contribution is -2.03. The van der Waals surface area contributed by atoms with E-state index in [2.05, 4.69) is 15.9 Å². The van der Waals surface area contributed by atoms with E-state index in [0.717, 1.165) is 15.6 Å². The van der Waals surface area contributed by atoms with Gasteiger partial charge >= 0.3 is 0 Å². The van der Waals surface area contributed by atoms with Gasteiger partial charge in [0.15, 0.2) is 0 Å². The molecule has 0 saturated heterocycles. The van der Waals surface area contributed by atoms with Gasteiger partial charge in [-0.3, -0.25) is 0 Å². The zero-order chi connectivity index (χ0) is 15.6. The molecule has 0 aliphatic heterocycles. The molecule has 0 radical (unpaired) electrons. The predicted octanol–water partition coefficient (Wildman–Crippen LogP) is 5.54. The molecule has 0 heterocycles. The van der Waals surface area contributed by atoms with Crippen molar-refractivity contribution in [1.29, 1.82) is 0 Å². The minimum absolute atomic E-state index is 0.419. The van der Waals surface area contributed by atoms with Crippen LogP contribution in [0, 0.1) is 6.92 Å². The summed E-state index contributed by atoms with van der Waals surface area (Å²) in [7, 11) is 0. The maximum absolute atomic E-state index is 10.6. The largest absolute Gasteiger partial charge is 0.492 e. The topological polar surface area (TPSA) is 29.5 Å². The Bertz CT molecular complexity index is 659. The van der Waals surface area contributed by atoms with Gasteiger partial charge in [-0.25, -0.2) is 0 Å². The van der Waals surface area contributed by atoms with E-state index in [1.807, 2.05) is 32.0 Å². The third-order valence-corrected chi connectivity index (χ3v) is 4.41. The third kappa shape index (κ3) is 3.72. The summed E-state index contributed by atoms with van der Waals surface area (Å²) < 4.78 is 6.22. The predicted molar refractivity (Wildman–Crippen MR) is 90.6 cm³/mol. The molecular weight excluding hydrogens is 375 g/mol. The van der Waals surface area contributed by atoms with Crippen LogP contribution in [0.4, 0.5) is 0 Å². The van der Waals surface area contributed by atoms with Crippen molar-refractivity contribution < 1.29 is 9.84 Å². The van der Waals surface area contributed by atoms with Crippen LogP contribution in [0.2, 0.25) is 10.0 Å². The molecule has 0 aliphatic rings. The van der Waals surface area contributed by atoms with Crippen LogP contribution in [0.15, 0.2) is 34.8 Å². The zero-order valence-corrected chi connectivity index (χ0v) is 14.8. The van der Waals surface area contributed by atoms with Gasteiger partial charge in [-0.2, -0.15) is 0 Å². The van der Waals surface area contributed by atoms with E-state index in [-0.39, 0.29) is 0 Å². The van der Waals surface area contributed by atoms with Crippen LogP contribution in [-0.4, -0.2) is 11.7 Å². The number of hydrogen-bond acceptors (Lipinski definition) is 2. The normalized spacial score (nSPS) is 12.3. The number of aliphatic hydroxyl groups excluding tert-OH is 1. The Morgan fingerprint density at radius 1 is 1.14 bits per heavy atom. The van der Waals surface area contributed by atoms with Crippen LogP contribution in [0.1, 0.15) is 29.7 Å². The number of benzene rings is 2. The molecule has 0 spiro atoms. The first-order valence-corrected chi connectivity index (χ1v) is 8.04.